The molecule has 0 saturated heterocycles. The third-order valence-corrected chi connectivity index (χ3v) is 4.60. The molecule has 2 amide bonds. The zero-order chi connectivity index (χ0) is 17.8. The first-order valence-electron chi connectivity index (χ1n) is 7.71. The Morgan fingerprint density at radius 2 is 2.12 bits per heavy atom. The van der Waals surface area contributed by atoms with E-state index in [-0.39, 0.29) is 17.8 Å². The fraction of sp³-hybridized carbons (Fsp3) is 0.294. The fourth-order valence-corrected chi connectivity index (χ4v) is 3.07. The monoisotopic (exact) mass is 356 g/mol. The average molecular weight is 356 g/mol. The van der Waals surface area contributed by atoms with Gasteiger partial charge in [-0.2, -0.15) is 5.26 Å². The van der Waals surface area contributed by atoms with Crippen LogP contribution in [0.3, 0.4) is 0 Å². The quantitative estimate of drug-likeness (QED) is 0.831. The summed E-state index contributed by atoms with van der Waals surface area (Å²) >= 11 is 1.33. The maximum Gasteiger partial charge on any atom is 0.357 e. The maximum absolute atomic E-state index is 12.6. The van der Waals surface area contributed by atoms with E-state index < -0.39 is 5.97 Å². The molecule has 1 fully saturated rings. The van der Waals surface area contributed by atoms with E-state index in [1.54, 1.807) is 34.5 Å². The van der Waals surface area contributed by atoms with Crippen LogP contribution in [0.4, 0.5) is 10.5 Å². The lowest BCUT2D eigenvalue weighted by Gasteiger charge is -2.21. The van der Waals surface area contributed by atoms with E-state index >= 15 is 0 Å². The van der Waals surface area contributed by atoms with Gasteiger partial charge < -0.3 is 15.0 Å². The number of nitrogens with one attached hydrogen (secondary N) is 1. The first-order valence-corrected chi connectivity index (χ1v) is 8.59. The van der Waals surface area contributed by atoms with Gasteiger partial charge in [-0.25, -0.2) is 14.6 Å². The smallest absolute Gasteiger partial charge is 0.357 e. The van der Waals surface area contributed by atoms with Crippen molar-refractivity contribution >= 4 is 29.0 Å². The molecule has 8 heteroatoms. The van der Waals surface area contributed by atoms with E-state index in [2.05, 4.69) is 15.0 Å². The van der Waals surface area contributed by atoms with Crippen LogP contribution in [0.2, 0.25) is 0 Å². The molecule has 1 heterocycles. The molecule has 25 heavy (non-hydrogen) atoms. The highest BCUT2D eigenvalue weighted by Gasteiger charge is 2.33. The summed E-state index contributed by atoms with van der Waals surface area (Å²) in [6.07, 6.45) is 1.91. The molecule has 128 valence electrons. The number of carbonyl (C=O) groups is 2. The molecule has 0 radical (unpaired) electrons. The second-order valence-corrected chi connectivity index (χ2v) is 6.54. The minimum Gasteiger partial charge on any atom is -0.464 e. The Balaban J connectivity index is 1.68. The molecule has 1 aromatic carbocycles. The van der Waals surface area contributed by atoms with Gasteiger partial charge in [0.2, 0.25) is 0 Å². The molecule has 1 saturated carbocycles. The Kier molecular flexibility index (Phi) is 4.95. The average Bonchev–Trinajstić information content (AvgIpc) is 3.37. The molecule has 0 spiro atoms. The predicted molar refractivity (Wildman–Crippen MR) is 92.2 cm³/mol. The molecule has 1 N–H and O–H groups in total. The molecule has 0 bridgehead atoms. The lowest BCUT2D eigenvalue weighted by Crippen LogP contribution is -2.36. The van der Waals surface area contributed by atoms with Crippen molar-refractivity contribution in [1.82, 2.24) is 9.88 Å². The molecule has 0 unspecified atom stereocenters. The fourth-order valence-electron chi connectivity index (χ4n) is 2.30. The van der Waals surface area contributed by atoms with Crippen LogP contribution in [0.5, 0.6) is 0 Å². The van der Waals surface area contributed by atoms with Crippen LogP contribution < -0.4 is 5.32 Å². The van der Waals surface area contributed by atoms with Crippen LogP contribution in [0.1, 0.15) is 33.9 Å². The van der Waals surface area contributed by atoms with Crippen molar-refractivity contribution in [3.05, 3.63) is 45.9 Å². The summed E-state index contributed by atoms with van der Waals surface area (Å²) in [5.74, 6) is -0.484. The zero-order valence-electron chi connectivity index (χ0n) is 13.6. The van der Waals surface area contributed by atoms with Gasteiger partial charge in [-0.05, 0) is 37.1 Å². The van der Waals surface area contributed by atoms with E-state index in [4.69, 9.17) is 5.26 Å². The van der Waals surface area contributed by atoms with Crippen LogP contribution >= 0.6 is 11.3 Å². The molecular weight excluding hydrogens is 340 g/mol. The van der Waals surface area contributed by atoms with Crippen molar-refractivity contribution in [2.45, 2.75) is 25.4 Å². The van der Waals surface area contributed by atoms with Gasteiger partial charge >= 0.3 is 12.0 Å². The largest absolute Gasteiger partial charge is 0.464 e. The minimum absolute atomic E-state index is 0.184. The van der Waals surface area contributed by atoms with Crippen molar-refractivity contribution in [3.63, 3.8) is 0 Å². The van der Waals surface area contributed by atoms with Crippen molar-refractivity contribution in [2.75, 3.05) is 12.4 Å². The number of hydrogen-bond acceptors (Lipinski definition) is 6. The van der Waals surface area contributed by atoms with Crippen LogP contribution in [-0.2, 0) is 11.3 Å². The number of nitrogens with zero attached hydrogens (tertiary/aromatic N) is 3. The van der Waals surface area contributed by atoms with Crippen molar-refractivity contribution < 1.29 is 14.3 Å². The Hall–Kier alpha value is -2.92. The predicted octanol–water partition coefficient (Wildman–Crippen LogP) is 3.00. The third kappa shape index (κ3) is 4.14. The van der Waals surface area contributed by atoms with Crippen LogP contribution in [0.15, 0.2) is 29.6 Å². The van der Waals surface area contributed by atoms with Gasteiger partial charge in [0.05, 0.1) is 25.3 Å². The normalized spacial score (nSPS) is 13.0. The molecule has 1 aliphatic rings. The van der Waals surface area contributed by atoms with Gasteiger partial charge in [0.25, 0.3) is 0 Å². The molecule has 1 aliphatic carbocycles. The number of rotatable bonds is 5. The summed E-state index contributed by atoms with van der Waals surface area (Å²) in [5, 5.41) is 14.0. The number of aromatic nitrogens is 1. The van der Waals surface area contributed by atoms with E-state index in [9.17, 15) is 9.59 Å². The number of methoxy groups -OCH3 is 1. The number of nitriles is 1. The highest BCUT2D eigenvalue weighted by molar-refractivity contribution is 7.09. The van der Waals surface area contributed by atoms with E-state index in [0.29, 0.717) is 22.8 Å². The topological polar surface area (TPSA) is 95.3 Å². The SMILES string of the molecule is COC(=O)c1csc(CN(C(=O)Nc2ccc(C#N)cc2)C2CC2)n1. The zero-order valence-corrected chi connectivity index (χ0v) is 14.4. The van der Waals surface area contributed by atoms with Crippen molar-refractivity contribution in [3.8, 4) is 6.07 Å². The summed E-state index contributed by atoms with van der Waals surface area (Å²) in [4.78, 5) is 30.0. The number of thiazole rings is 1. The highest BCUT2D eigenvalue weighted by atomic mass is 32.1. The first kappa shape index (κ1) is 16.9. The van der Waals surface area contributed by atoms with Gasteiger partial charge in [0, 0.05) is 17.1 Å². The maximum atomic E-state index is 12.6. The number of carbonyl (C=O) groups excluding carboxylic acids is 2. The molecule has 7 nitrogen and oxygen atoms in total. The number of amides is 2. The van der Waals surface area contributed by atoms with Crippen LogP contribution in [-0.4, -0.2) is 35.0 Å². The Bertz CT molecular complexity index is 821. The number of urea groups is 1. The molecule has 2 aromatic rings. The van der Waals surface area contributed by atoms with Gasteiger partial charge in [-0.3, -0.25) is 0 Å². The second-order valence-electron chi connectivity index (χ2n) is 5.60. The van der Waals surface area contributed by atoms with Crippen LogP contribution in [0, 0.1) is 11.3 Å². The minimum atomic E-state index is -0.484. The second kappa shape index (κ2) is 7.32. The standard InChI is InChI=1S/C17H16N4O3S/c1-24-16(22)14-10-25-15(20-14)9-21(13-6-7-13)17(23)19-12-4-2-11(8-18)3-5-12/h2-5,10,13H,6-7,9H2,1H3,(H,19,23). The number of hydrogen-bond donors (Lipinski definition) is 1. The van der Waals surface area contributed by atoms with Gasteiger partial charge in [-0.1, -0.05) is 0 Å². The Morgan fingerprint density at radius 3 is 2.72 bits per heavy atom. The molecule has 0 aliphatic heterocycles. The molecule has 3 rings (SSSR count). The summed E-state index contributed by atoms with van der Waals surface area (Å²) in [6.45, 7) is 0.342. The number of benzene rings is 1. The van der Waals surface area contributed by atoms with Gasteiger partial charge in [0.15, 0.2) is 5.69 Å². The first-order chi connectivity index (χ1) is 12.1. The number of anilines is 1. The van der Waals surface area contributed by atoms with Gasteiger partial charge in [-0.15, -0.1) is 11.3 Å². The summed E-state index contributed by atoms with van der Waals surface area (Å²) < 4.78 is 4.65. The van der Waals surface area contributed by atoms with E-state index in [1.165, 1.54) is 18.4 Å². The third-order valence-electron chi connectivity index (χ3n) is 3.77. The molecule has 0 atom stereocenters. The summed E-state index contributed by atoms with van der Waals surface area (Å²) in [7, 11) is 1.31. The van der Waals surface area contributed by atoms with Crippen molar-refractivity contribution in [1.29, 1.82) is 5.26 Å². The summed E-state index contributed by atoms with van der Waals surface area (Å²) in [5.41, 5.74) is 1.42. The lowest BCUT2D eigenvalue weighted by molar-refractivity contribution is 0.0594. The Morgan fingerprint density at radius 1 is 1.40 bits per heavy atom. The van der Waals surface area contributed by atoms with E-state index in [1.807, 2.05) is 6.07 Å². The molecular formula is C17H16N4O3S. The van der Waals surface area contributed by atoms with Gasteiger partial charge in [0.1, 0.15) is 5.01 Å². The summed E-state index contributed by atoms with van der Waals surface area (Å²) in [6, 6.07) is 8.70. The number of ether oxygens (including phenoxy) is 1. The lowest BCUT2D eigenvalue weighted by atomic mass is 10.2. The highest BCUT2D eigenvalue weighted by Crippen LogP contribution is 2.29. The van der Waals surface area contributed by atoms with E-state index in [0.717, 1.165) is 12.8 Å². The Labute approximate surface area is 148 Å². The number of esters is 1. The van der Waals surface area contributed by atoms with Crippen LogP contribution in [0.25, 0.3) is 0 Å². The van der Waals surface area contributed by atoms with Crippen molar-refractivity contribution in [2.24, 2.45) is 0 Å². The molecule has 1 aromatic heterocycles.